The summed E-state index contributed by atoms with van der Waals surface area (Å²) in [6, 6.07) is 7.31. The SMILES string of the molecule is CC(C)=CCC/C(C)=C/CCC(C)=CCC/C=C(\C)CCC=C(C)CCC(=O)N[C@H](C(=O)C[C@@H]1C(=O)N2[C@@H]1SC(C)(C)[C@@H]2C(=O)O)c1ccccc1. The smallest absolute Gasteiger partial charge is 0.327 e. The fourth-order valence-electron chi connectivity index (χ4n) is 6.90. The van der Waals surface area contributed by atoms with Crippen molar-refractivity contribution >= 4 is 35.3 Å². The molecule has 8 heteroatoms. The molecule has 1 aromatic rings. The number of nitrogens with zero attached hydrogens (tertiary/aromatic N) is 1. The number of carboxylic acid groups (broad SMARTS) is 1. The second-order valence-electron chi connectivity index (χ2n) is 15.5. The molecule has 0 spiro atoms. The van der Waals surface area contributed by atoms with Crippen molar-refractivity contribution in [2.75, 3.05) is 0 Å². The van der Waals surface area contributed by atoms with Crippen molar-refractivity contribution in [3.63, 3.8) is 0 Å². The maximum Gasteiger partial charge on any atom is 0.327 e. The van der Waals surface area contributed by atoms with E-state index in [4.69, 9.17) is 0 Å². The number of aliphatic carboxylic acids is 1. The Morgan fingerprint density at radius 1 is 0.769 bits per heavy atom. The summed E-state index contributed by atoms with van der Waals surface area (Å²) in [7, 11) is 0. The Bertz CT molecular complexity index is 1560. The fraction of sp³-hybridized carbons (Fsp3) is 0.545. The van der Waals surface area contributed by atoms with Gasteiger partial charge in [-0.1, -0.05) is 88.6 Å². The first-order chi connectivity index (χ1) is 24.6. The van der Waals surface area contributed by atoms with Gasteiger partial charge in [0.05, 0.1) is 11.3 Å². The molecule has 4 atom stereocenters. The molecule has 0 radical (unpaired) electrons. The summed E-state index contributed by atoms with van der Waals surface area (Å²) < 4.78 is -0.656. The Kier molecular flexibility index (Phi) is 16.9. The van der Waals surface area contributed by atoms with E-state index < -0.39 is 28.7 Å². The normalized spacial score (nSPS) is 21.0. The molecule has 2 aliphatic rings. The predicted molar refractivity (Wildman–Crippen MR) is 215 cm³/mol. The standard InChI is InChI=1S/C44H62N2O5S/c1-30(2)17-14-20-33(5)23-15-21-31(3)18-12-13-19-32(4)22-16-24-34(6)27-28-38(48)45-39(35-25-10-9-11-26-35)37(47)29-36-41(49)46-40(43(50)51)44(7,8)52-42(36)46/h9-11,17-19,23-26,36,39-40,42H,12-16,20-22,27-29H2,1-8H3,(H,45,48)(H,50,51)/b31-18?,32-19+,33-23+,34-24?/t36-,39+,40+,42-/m1/s1. The number of unbranched alkanes of at least 4 members (excludes halogenated alkanes) is 1. The highest BCUT2D eigenvalue weighted by Crippen LogP contribution is 2.54. The van der Waals surface area contributed by atoms with Crippen molar-refractivity contribution in [2.45, 2.75) is 148 Å². The largest absolute Gasteiger partial charge is 0.480 e. The number of amides is 2. The van der Waals surface area contributed by atoms with Gasteiger partial charge in [0.15, 0.2) is 5.78 Å². The summed E-state index contributed by atoms with van der Waals surface area (Å²) >= 11 is 1.43. The molecule has 284 valence electrons. The molecule has 2 amide bonds. The second-order valence-corrected chi connectivity index (χ2v) is 17.2. The van der Waals surface area contributed by atoms with Gasteiger partial charge in [-0.2, -0.15) is 0 Å². The van der Waals surface area contributed by atoms with Gasteiger partial charge < -0.3 is 15.3 Å². The Balaban J connectivity index is 1.42. The fourth-order valence-corrected chi connectivity index (χ4v) is 8.58. The van der Waals surface area contributed by atoms with E-state index in [9.17, 15) is 24.3 Å². The van der Waals surface area contributed by atoms with E-state index in [1.54, 1.807) is 12.1 Å². The second kappa shape index (κ2) is 20.6. The number of Topliss-reactive ketones (excluding diaryl/α,β-unsaturated/α-hetero) is 1. The predicted octanol–water partition coefficient (Wildman–Crippen LogP) is 10.2. The van der Waals surface area contributed by atoms with Gasteiger partial charge in [-0.25, -0.2) is 4.79 Å². The van der Waals surface area contributed by atoms with E-state index in [0.717, 1.165) is 56.9 Å². The third kappa shape index (κ3) is 13.1. The number of thioether (sulfide) groups is 1. The lowest BCUT2D eigenvalue weighted by Gasteiger charge is -2.43. The zero-order valence-corrected chi connectivity index (χ0v) is 33.6. The summed E-state index contributed by atoms with van der Waals surface area (Å²) in [4.78, 5) is 53.1. The molecule has 2 heterocycles. The Labute approximate surface area is 317 Å². The average molecular weight is 731 g/mol. The number of ketones is 1. The molecule has 0 aromatic heterocycles. The third-order valence-corrected chi connectivity index (χ3v) is 11.6. The van der Waals surface area contributed by atoms with E-state index in [2.05, 4.69) is 70.3 Å². The van der Waals surface area contributed by atoms with Crippen LogP contribution in [0.25, 0.3) is 0 Å². The van der Waals surface area contributed by atoms with Gasteiger partial charge in [-0.05, 0) is 119 Å². The molecule has 1 aromatic carbocycles. The highest BCUT2D eigenvalue weighted by atomic mass is 32.2. The van der Waals surface area contributed by atoms with E-state index in [1.165, 1.54) is 39.0 Å². The van der Waals surface area contributed by atoms with Crippen LogP contribution in [0.2, 0.25) is 0 Å². The van der Waals surface area contributed by atoms with Crippen LogP contribution in [0.1, 0.15) is 138 Å². The molecule has 0 saturated carbocycles. The number of carbonyl (C=O) groups excluding carboxylic acids is 3. The first-order valence-electron chi connectivity index (χ1n) is 19.0. The summed E-state index contributed by atoms with van der Waals surface area (Å²) in [5, 5.41) is 12.3. The maximum absolute atomic E-state index is 13.6. The zero-order valence-electron chi connectivity index (χ0n) is 32.8. The van der Waals surface area contributed by atoms with Gasteiger partial charge in [-0.3, -0.25) is 14.4 Å². The number of carboxylic acids is 1. The molecule has 0 unspecified atom stereocenters. The number of fused-ring (bicyclic) bond motifs is 1. The van der Waals surface area contributed by atoms with Crippen molar-refractivity contribution in [1.29, 1.82) is 0 Å². The number of β-lactam (4-membered cyclic amide) rings is 1. The lowest BCUT2D eigenvalue weighted by Crippen LogP contribution is -2.63. The number of hydrogen-bond donors (Lipinski definition) is 2. The average Bonchev–Trinajstić information content (AvgIpc) is 3.34. The monoisotopic (exact) mass is 730 g/mol. The van der Waals surface area contributed by atoms with Crippen LogP contribution in [0, 0.1) is 5.92 Å². The van der Waals surface area contributed by atoms with E-state index in [1.807, 2.05) is 39.0 Å². The summed E-state index contributed by atoms with van der Waals surface area (Å²) in [6.45, 7) is 16.6. The molecule has 52 heavy (non-hydrogen) atoms. The van der Waals surface area contributed by atoms with Gasteiger partial charge in [0.2, 0.25) is 11.8 Å². The molecule has 2 saturated heterocycles. The molecule has 2 fully saturated rings. The molecule has 0 bridgehead atoms. The quantitative estimate of drug-likeness (QED) is 0.0742. The number of carbonyl (C=O) groups is 4. The van der Waals surface area contributed by atoms with E-state index in [0.29, 0.717) is 12.0 Å². The molecule has 3 rings (SSSR count). The third-order valence-electron chi connectivity index (χ3n) is 10.0. The van der Waals surface area contributed by atoms with Crippen molar-refractivity contribution in [3.05, 3.63) is 94.1 Å². The Morgan fingerprint density at radius 2 is 1.27 bits per heavy atom. The number of rotatable bonds is 21. The number of nitrogens with one attached hydrogen (secondary N) is 1. The van der Waals surface area contributed by atoms with Gasteiger partial charge in [0.25, 0.3) is 0 Å². The first-order valence-corrected chi connectivity index (χ1v) is 19.8. The minimum atomic E-state index is -1.03. The lowest BCUT2D eigenvalue weighted by molar-refractivity contribution is -0.164. The Morgan fingerprint density at radius 3 is 1.79 bits per heavy atom. The summed E-state index contributed by atoms with van der Waals surface area (Å²) in [5.74, 6) is -2.41. The van der Waals surface area contributed by atoms with Crippen LogP contribution in [0.5, 0.6) is 0 Å². The van der Waals surface area contributed by atoms with Crippen molar-refractivity contribution in [3.8, 4) is 0 Å². The first kappa shape index (κ1) is 42.8. The van der Waals surface area contributed by atoms with Crippen LogP contribution in [0.15, 0.2) is 88.6 Å². The highest BCUT2D eigenvalue weighted by molar-refractivity contribution is 8.01. The maximum atomic E-state index is 13.6. The van der Waals surface area contributed by atoms with Crippen LogP contribution >= 0.6 is 11.8 Å². The van der Waals surface area contributed by atoms with Crippen LogP contribution in [-0.2, 0) is 19.2 Å². The van der Waals surface area contributed by atoms with Crippen molar-refractivity contribution in [1.82, 2.24) is 10.2 Å². The van der Waals surface area contributed by atoms with Crippen molar-refractivity contribution < 1.29 is 24.3 Å². The van der Waals surface area contributed by atoms with Gasteiger partial charge in [-0.15, -0.1) is 11.8 Å². The zero-order chi connectivity index (χ0) is 38.4. The number of hydrogen-bond acceptors (Lipinski definition) is 5. The van der Waals surface area contributed by atoms with Crippen LogP contribution in [0.3, 0.4) is 0 Å². The Hall–Kier alpha value is -3.65. The summed E-state index contributed by atoms with van der Waals surface area (Å²) in [5.41, 5.74) is 7.49. The van der Waals surface area contributed by atoms with Crippen LogP contribution in [-0.4, -0.2) is 49.7 Å². The molecular formula is C44H62N2O5S. The molecule has 2 N–H and O–H groups in total. The van der Waals surface area contributed by atoms with Crippen molar-refractivity contribution in [2.24, 2.45) is 5.92 Å². The lowest BCUT2D eigenvalue weighted by atomic mass is 9.86. The minimum Gasteiger partial charge on any atom is -0.480 e. The summed E-state index contributed by atoms with van der Waals surface area (Å²) in [6.07, 6.45) is 20.9. The van der Waals surface area contributed by atoms with Gasteiger partial charge >= 0.3 is 5.97 Å². The topological polar surface area (TPSA) is 104 Å². The van der Waals surface area contributed by atoms with E-state index >= 15 is 0 Å². The van der Waals surface area contributed by atoms with Gasteiger partial charge in [0.1, 0.15) is 12.1 Å². The molecule has 7 nitrogen and oxygen atoms in total. The molecular weight excluding hydrogens is 669 g/mol. The van der Waals surface area contributed by atoms with Crippen LogP contribution < -0.4 is 5.32 Å². The minimum absolute atomic E-state index is 0.0500. The molecule has 2 aliphatic heterocycles. The molecule has 0 aliphatic carbocycles. The van der Waals surface area contributed by atoms with Gasteiger partial charge in [0, 0.05) is 17.6 Å². The van der Waals surface area contributed by atoms with E-state index in [-0.39, 0.29) is 35.8 Å². The highest BCUT2D eigenvalue weighted by Gasteiger charge is 2.63. The number of benzene rings is 1. The van der Waals surface area contributed by atoms with Crippen LogP contribution in [0.4, 0.5) is 0 Å². The number of allylic oxidation sites excluding steroid dienone is 10.